The van der Waals surface area contributed by atoms with Crippen molar-refractivity contribution in [2.75, 3.05) is 5.32 Å². The lowest BCUT2D eigenvalue weighted by Gasteiger charge is -2.26. The van der Waals surface area contributed by atoms with Crippen molar-refractivity contribution in [1.82, 2.24) is 5.32 Å². The summed E-state index contributed by atoms with van der Waals surface area (Å²) < 4.78 is 5.23. The molecule has 2 N–H and O–H groups in total. The van der Waals surface area contributed by atoms with Crippen molar-refractivity contribution in [3.05, 3.63) is 30.3 Å². The quantitative estimate of drug-likeness (QED) is 0.876. The fraction of sp³-hybridized carbons (Fsp3) is 0.533. The molecule has 0 saturated carbocycles. The van der Waals surface area contributed by atoms with Gasteiger partial charge in [-0.25, -0.2) is 4.79 Å². The van der Waals surface area contributed by atoms with Gasteiger partial charge in [0.1, 0.15) is 5.60 Å². The van der Waals surface area contributed by atoms with E-state index < -0.39 is 5.60 Å². The van der Waals surface area contributed by atoms with E-state index in [1.165, 1.54) is 0 Å². The van der Waals surface area contributed by atoms with Crippen LogP contribution in [0.25, 0.3) is 0 Å². The molecule has 0 heterocycles. The van der Waals surface area contributed by atoms with Gasteiger partial charge in [-0.05, 0) is 46.8 Å². The summed E-state index contributed by atoms with van der Waals surface area (Å²) in [5.41, 5.74) is 0.563. The maximum absolute atomic E-state index is 11.7. The van der Waals surface area contributed by atoms with E-state index in [1.54, 1.807) is 0 Å². The lowest BCUT2D eigenvalue weighted by molar-refractivity contribution is 0.0505. The minimum atomic E-state index is -0.472. The maximum atomic E-state index is 11.7. The second-order valence-corrected chi connectivity index (χ2v) is 5.73. The zero-order valence-electron chi connectivity index (χ0n) is 12.4. The number of rotatable bonds is 4. The van der Waals surface area contributed by atoms with Gasteiger partial charge in [0.25, 0.3) is 0 Å². The molecule has 0 saturated heterocycles. The summed E-state index contributed by atoms with van der Waals surface area (Å²) in [6.07, 6.45) is -0.387. The third-order valence-electron chi connectivity index (χ3n) is 2.66. The molecule has 4 heteroatoms. The minimum absolute atomic E-state index is 0.0324. The highest BCUT2D eigenvalue weighted by Gasteiger charge is 2.20. The average Bonchev–Trinajstić information content (AvgIpc) is 2.27. The van der Waals surface area contributed by atoms with Gasteiger partial charge >= 0.3 is 6.09 Å². The fourth-order valence-corrected chi connectivity index (χ4v) is 1.54. The Balaban J connectivity index is 2.45. The molecule has 1 amide bonds. The van der Waals surface area contributed by atoms with Gasteiger partial charge in [0.05, 0.1) is 0 Å². The summed E-state index contributed by atoms with van der Waals surface area (Å²) in [6.45, 7) is 9.52. The predicted molar refractivity (Wildman–Crippen MR) is 78.4 cm³/mol. The molecule has 0 aliphatic carbocycles. The largest absolute Gasteiger partial charge is 0.444 e. The zero-order chi connectivity index (χ0) is 14.5. The number of hydrogen-bond donors (Lipinski definition) is 2. The van der Waals surface area contributed by atoms with Gasteiger partial charge < -0.3 is 15.4 Å². The van der Waals surface area contributed by atoms with Crippen LogP contribution in [0.2, 0.25) is 0 Å². The molecule has 0 fully saturated rings. The first-order valence-corrected chi connectivity index (χ1v) is 6.59. The molecule has 19 heavy (non-hydrogen) atoms. The fourth-order valence-electron chi connectivity index (χ4n) is 1.54. The van der Waals surface area contributed by atoms with Crippen molar-refractivity contribution in [3.63, 3.8) is 0 Å². The topological polar surface area (TPSA) is 50.4 Å². The molecule has 0 unspecified atom stereocenters. The Hall–Kier alpha value is -1.71. The Labute approximate surface area is 115 Å². The first-order valence-electron chi connectivity index (χ1n) is 6.59. The average molecular weight is 264 g/mol. The molecular weight excluding hydrogens is 240 g/mol. The van der Waals surface area contributed by atoms with Crippen LogP contribution in [0.5, 0.6) is 0 Å². The lowest BCUT2D eigenvalue weighted by Crippen LogP contribution is -2.45. The molecule has 0 aliphatic rings. The summed E-state index contributed by atoms with van der Waals surface area (Å²) in [5.74, 6) is 0. The van der Waals surface area contributed by atoms with E-state index in [0.29, 0.717) is 0 Å². The number of ether oxygens (including phenoxy) is 1. The first-order chi connectivity index (χ1) is 8.78. The second kappa shape index (κ2) is 6.45. The molecule has 1 aromatic rings. The number of alkyl carbamates (subject to hydrolysis) is 1. The van der Waals surface area contributed by atoms with Crippen LogP contribution in [-0.4, -0.2) is 23.8 Å². The van der Waals surface area contributed by atoms with Crippen LogP contribution < -0.4 is 10.6 Å². The van der Waals surface area contributed by atoms with Crippen molar-refractivity contribution in [2.45, 2.75) is 52.3 Å². The molecular formula is C15H24N2O2. The number of nitrogens with one attached hydrogen (secondary N) is 2. The van der Waals surface area contributed by atoms with Crippen LogP contribution in [0.4, 0.5) is 10.5 Å². The normalized spacial score (nSPS) is 14.4. The van der Waals surface area contributed by atoms with Crippen LogP contribution in [0, 0.1) is 0 Å². The standard InChI is InChI=1S/C15H24N2O2/c1-11(16-13-9-7-6-8-10-13)12(2)17-14(18)19-15(3,4)5/h6-12,16H,1-5H3,(H,17,18)/t11-,12-/m0/s1. The number of hydrogen-bond acceptors (Lipinski definition) is 3. The molecule has 0 aliphatic heterocycles. The molecule has 0 aromatic heterocycles. The van der Waals surface area contributed by atoms with Gasteiger partial charge in [0.15, 0.2) is 0 Å². The van der Waals surface area contributed by atoms with Crippen LogP contribution in [0.1, 0.15) is 34.6 Å². The Morgan fingerprint density at radius 3 is 2.21 bits per heavy atom. The molecule has 0 radical (unpaired) electrons. The van der Waals surface area contributed by atoms with E-state index in [2.05, 4.69) is 10.6 Å². The highest BCUT2D eigenvalue weighted by molar-refractivity contribution is 5.68. The second-order valence-electron chi connectivity index (χ2n) is 5.73. The van der Waals surface area contributed by atoms with Crippen LogP contribution in [0.15, 0.2) is 30.3 Å². The number of anilines is 1. The van der Waals surface area contributed by atoms with Crippen LogP contribution in [-0.2, 0) is 4.74 Å². The monoisotopic (exact) mass is 264 g/mol. The van der Waals surface area contributed by atoms with Crippen LogP contribution >= 0.6 is 0 Å². The van der Waals surface area contributed by atoms with E-state index >= 15 is 0 Å². The number of para-hydroxylation sites is 1. The van der Waals surface area contributed by atoms with Gasteiger partial charge in [-0.1, -0.05) is 18.2 Å². The SMILES string of the molecule is C[C@H](NC(=O)OC(C)(C)C)[C@H](C)Nc1ccccc1. The van der Waals surface area contributed by atoms with E-state index in [-0.39, 0.29) is 18.2 Å². The maximum Gasteiger partial charge on any atom is 0.407 e. The molecule has 1 rings (SSSR count). The molecule has 2 atom stereocenters. The van der Waals surface area contributed by atoms with Gasteiger partial charge in [0.2, 0.25) is 0 Å². The van der Waals surface area contributed by atoms with E-state index in [1.807, 2.05) is 65.0 Å². The Bertz CT molecular complexity index is 398. The Kier molecular flexibility index (Phi) is 5.21. The molecule has 0 spiro atoms. The van der Waals surface area contributed by atoms with E-state index in [0.717, 1.165) is 5.69 Å². The summed E-state index contributed by atoms with van der Waals surface area (Å²) in [5, 5.41) is 6.17. The first kappa shape index (κ1) is 15.3. The van der Waals surface area contributed by atoms with Crippen molar-refractivity contribution < 1.29 is 9.53 Å². The van der Waals surface area contributed by atoms with Gasteiger partial charge in [0, 0.05) is 17.8 Å². The van der Waals surface area contributed by atoms with E-state index in [9.17, 15) is 4.79 Å². The summed E-state index contributed by atoms with van der Waals surface area (Å²) in [6, 6.07) is 9.98. The third kappa shape index (κ3) is 6.13. The van der Waals surface area contributed by atoms with Crippen molar-refractivity contribution in [2.24, 2.45) is 0 Å². The van der Waals surface area contributed by atoms with Crippen molar-refractivity contribution in [3.8, 4) is 0 Å². The smallest absolute Gasteiger partial charge is 0.407 e. The summed E-state index contributed by atoms with van der Waals surface area (Å²) in [4.78, 5) is 11.7. The number of benzene rings is 1. The Morgan fingerprint density at radius 1 is 1.11 bits per heavy atom. The molecule has 106 valence electrons. The van der Waals surface area contributed by atoms with Crippen molar-refractivity contribution in [1.29, 1.82) is 0 Å². The highest BCUT2D eigenvalue weighted by Crippen LogP contribution is 2.10. The predicted octanol–water partition coefficient (Wildman–Crippen LogP) is 3.40. The van der Waals surface area contributed by atoms with Gasteiger partial charge in [-0.3, -0.25) is 0 Å². The summed E-state index contributed by atoms with van der Waals surface area (Å²) in [7, 11) is 0. The summed E-state index contributed by atoms with van der Waals surface area (Å²) >= 11 is 0. The number of carbonyl (C=O) groups is 1. The van der Waals surface area contributed by atoms with Gasteiger partial charge in [-0.2, -0.15) is 0 Å². The van der Waals surface area contributed by atoms with E-state index in [4.69, 9.17) is 4.74 Å². The van der Waals surface area contributed by atoms with Crippen LogP contribution in [0.3, 0.4) is 0 Å². The van der Waals surface area contributed by atoms with Crippen molar-refractivity contribution >= 4 is 11.8 Å². The lowest BCUT2D eigenvalue weighted by atomic mass is 10.1. The zero-order valence-corrected chi connectivity index (χ0v) is 12.4. The number of amides is 1. The minimum Gasteiger partial charge on any atom is -0.444 e. The van der Waals surface area contributed by atoms with Gasteiger partial charge in [-0.15, -0.1) is 0 Å². The number of carbonyl (C=O) groups excluding carboxylic acids is 1. The molecule has 4 nitrogen and oxygen atoms in total. The molecule has 0 bridgehead atoms. The Morgan fingerprint density at radius 2 is 1.68 bits per heavy atom. The third-order valence-corrected chi connectivity index (χ3v) is 2.66. The molecule has 1 aromatic carbocycles. The highest BCUT2D eigenvalue weighted by atomic mass is 16.6.